The summed E-state index contributed by atoms with van der Waals surface area (Å²) >= 11 is 0. The highest BCUT2D eigenvalue weighted by molar-refractivity contribution is 7.92. The average molecular weight is 536 g/mol. The number of aryl methyl sites for hydroxylation is 2. The lowest BCUT2D eigenvalue weighted by molar-refractivity contribution is -0.139. The van der Waals surface area contributed by atoms with Gasteiger partial charge in [0.25, 0.3) is 10.0 Å². The van der Waals surface area contributed by atoms with Crippen molar-refractivity contribution in [2.24, 2.45) is 0 Å². The molecule has 0 radical (unpaired) electrons. The van der Waals surface area contributed by atoms with E-state index in [-0.39, 0.29) is 17.3 Å². The zero-order valence-electron chi connectivity index (χ0n) is 22.6. The average Bonchev–Trinajstić information content (AvgIpc) is 2.92. The molecule has 1 N–H and O–H groups in total. The fourth-order valence-corrected chi connectivity index (χ4v) is 5.90. The number of hydrogen-bond donors (Lipinski definition) is 1. The van der Waals surface area contributed by atoms with E-state index in [9.17, 15) is 18.0 Å². The summed E-state index contributed by atoms with van der Waals surface area (Å²) in [4.78, 5) is 28.6. The predicted molar refractivity (Wildman–Crippen MR) is 152 cm³/mol. The van der Waals surface area contributed by atoms with Gasteiger partial charge in [-0.25, -0.2) is 8.42 Å². The van der Waals surface area contributed by atoms with Gasteiger partial charge in [0, 0.05) is 13.1 Å². The van der Waals surface area contributed by atoms with Gasteiger partial charge in [-0.15, -0.1) is 0 Å². The van der Waals surface area contributed by atoms with Crippen molar-refractivity contribution in [2.75, 3.05) is 23.9 Å². The topological polar surface area (TPSA) is 86.8 Å². The molecule has 7 nitrogen and oxygen atoms in total. The molecule has 0 aliphatic carbocycles. The third-order valence-corrected chi connectivity index (χ3v) is 8.24. The van der Waals surface area contributed by atoms with E-state index in [4.69, 9.17) is 0 Å². The predicted octanol–water partition coefficient (Wildman–Crippen LogP) is 4.48. The van der Waals surface area contributed by atoms with Crippen LogP contribution in [0.25, 0.3) is 0 Å². The highest BCUT2D eigenvalue weighted by Crippen LogP contribution is 2.28. The van der Waals surface area contributed by atoms with Crippen LogP contribution in [0.2, 0.25) is 0 Å². The maximum Gasteiger partial charge on any atom is 0.264 e. The Kier molecular flexibility index (Phi) is 10.1. The van der Waals surface area contributed by atoms with Crippen molar-refractivity contribution in [2.45, 2.75) is 51.5 Å². The summed E-state index contributed by atoms with van der Waals surface area (Å²) in [7, 11) is -4.07. The van der Waals surface area contributed by atoms with E-state index in [0.717, 1.165) is 16.7 Å². The molecule has 0 saturated carbocycles. The van der Waals surface area contributed by atoms with Crippen LogP contribution in [0.15, 0.2) is 83.8 Å². The first-order chi connectivity index (χ1) is 18.2. The van der Waals surface area contributed by atoms with Crippen LogP contribution in [-0.4, -0.2) is 50.8 Å². The summed E-state index contributed by atoms with van der Waals surface area (Å²) < 4.78 is 28.9. The lowest BCUT2D eigenvalue weighted by Crippen LogP contribution is -2.53. The lowest BCUT2D eigenvalue weighted by atomic mass is 10.1. The molecule has 0 heterocycles. The number of sulfonamides is 1. The van der Waals surface area contributed by atoms with Crippen LogP contribution in [-0.2, 0) is 26.0 Å². The fraction of sp³-hybridized carbons (Fsp3) is 0.333. The molecule has 8 heteroatoms. The molecular weight excluding hydrogens is 498 g/mol. The van der Waals surface area contributed by atoms with E-state index in [1.807, 2.05) is 70.2 Å². The zero-order chi connectivity index (χ0) is 27.7. The fourth-order valence-electron chi connectivity index (χ4n) is 4.41. The highest BCUT2D eigenvalue weighted by Gasteiger charge is 2.33. The van der Waals surface area contributed by atoms with Crippen molar-refractivity contribution >= 4 is 27.5 Å². The standard InChI is InChI=1S/C30H37N3O4S/c1-5-27(30(35)31-6-2)32(20-19-25-13-9-7-10-14-25)29(34)22-33(28-21-23(3)17-18-24(28)4)38(36,37)26-15-11-8-12-16-26/h7-18,21,27H,5-6,19-20,22H2,1-4H3,(H,31,35). The van der Waals surface area contributed by atoms with Crippen LogP contribution in [0.1, 0.15) is 37.0 Å². The maximum absolute atomic E-state index is 14.0. The lowest BCUT2D eigenvalue weighted by Gasteiger charge is -2.33. The Labute approximate surface area is 226 Å². The molecule has 1 unspecified atom stereocenters. The van der Waals surface area contributed by atoms with Gasteiger partial charge in [-0.05, 0) is 68.5 Å². The van der Waals surface area contributed by atoms with Gasteiger partial charge in [-0.2, -0.15) is 0 Å². The van der Waals surface area contributed by atoms with Crippen LogP contribution < -0.4 is 9.62 Å². The van der Waals surface area contributed by atoms with E-state index in [2.05, 4.69) is 5.32 Å². The minimum absolute atomic E-state index is 0.0975. The summed E-state index contributed by atoms with van der Waals surface area (Å²) in [5, 5.41) is 2.82. The zero-order valence-corrected chi connectivity index (χ0v) is 23.4. The number of nitrogens with one attached hydrogen (secondary N) is 1. The number of hydrogen-bond acceptors (Lipinski definition) is 4. The number of likely N-dealkylation sites (N-methyl/N-ethyl adjacent to an activating group) is 1. The third kappa shape index (κ3) is 7.01. The quantitative estimate of drug-likeness (QED) is 0.370. The molecule has 0 aromatic heterocycles. The van der Waals surface area contributed by atoms with E-state index >= 15 is 0 Å². The molecule has 0 spiro atoms. The van der Waals surface area contributed by atoms with Gasteiger partial charge in [-0.3, -0.25) is 13.9 Å². The number of carbonyl (C=O) groups is 2. The summed E-state index contributed by atoms with van der Waals surface area (Å²) in [6, 6.07) is 22.6. The second-order valence-electron chi connectivity index (χ2n) is 9.26. The van der Waals surface area contributed by atoms with Gasteiger partial charge in [0.2, 0.25) is 11.8 Å². The molecule has 0 saturated heterocycles. The van der Waals surface area contributed by atoms with Crippen molar-refractivity contribution < 1.29 is 18.0 Å². The minimum Gasteiger partial charge on any atom is -0.355 e. The molecular formula is C30H37N3O4S. The van der Waals surface area contributed by atoms with Crippen LogP contribution in [0.3, 0.4) is 0 Å². The maximum atomic E-state index is 14.0. The Morgan fingerprint density at radius 2 is 1.53 bits per heavy atom. The molecule has 0 bridgehead atoms. The van der Waals surface area contributed by atoms with E-state index in [1.165, 1.54) is 21.3 Å². The summed E-state index contributed by atoms with van der Waals surface area (Å²) in [6.07, 6.45) is 0.943. The van der Waals surface area contributed by atoms with Gasteiger partial charge in [0.05, 0.1) is 10.6 Å². The van der Waals surface area contributed by atoms with Crippen molar-refractivity contribution in [1.82, 2.24) is 10.2 Å². The van der Waals surface area contributed by atoms with Crippen molar-refractivity contribution in [3.05, 3.63) is 95.6 Å². The first-order valence-corrected chi connectivity index (χ1v) is 14.4. The molecule has 3 rings (SSSR count). The second kappa shape index (κ2) is 13.2. The van der Waals surface area contributed by atoms with Gasteiger partial charge in [0.1, 0.15) is 12.6 Å². The molecule has 0 fully saturated rings. The molecule has 0 aliphatic heterocycles. The molecule has 1 atom stereocenters. The summed E-state index contributed by atoms with van der Waals surface area (Å²) in [6.45, 7) is 7.68. The van der Waals surface area contributed by atoms with Gasteiger partial charge >= 0.3 is 0 Å². The van der Waals surface area contributed by atoms with Crippen molar-refractivity contribution in [3.63, 3.8) is 0 Å². The first kappa shape index (κ1) is 28.9. The molecule has 0 aliphatic rings. The van der Waals surface area contributed by atoms with Crippen LogP contribution in [0.4, 0.5) is 5.69 Å². The summed E-state index contributed by atoms with van der Waals surface area (Å²) in [5.74, 6) is -0.680. The van der Waals surface area contributed by atoms with Crippen molar-refractivity contribution in [1.29, 1.82) is 0 Å². The van der Waals surface area contributed by atoms with Crippen LogP contribution in [0, 0.1) is 13.8 Å². The van der Waals surface area contributed by atoms with Gasteiger partial charge in [-0.1, -0.05) is 67.6 Å². The second-order valence-corrected chi connectivity index (χ2v) is 11.1. The van der Waals surface area contributed by atoms with E-state index in [0.29, 0.717) is 25.1 Å². The molecule has 38 heavy (non-hydrogen) atoms. The Bertz CT molecular complexity index is 1330. The Morgan fingerprint density at radius 3 is 2.13 bits per heavy atom. The van der Waals surface area contributed by atoms with Gasteiger partial charge < -0.3 is 10.2 Å². The Morgan fingerprint density at radius 1 is 0.895 bits per heavy atom. The largest absolute Gasteiger partial charge is 0.355 e. The van der Waals surface area contributed by atoms with Gasteiger partial charge in [0.15, 0.2) is 0 Å². The number of anilines is 1. The van der Waals surface area contributed by atoms with E-state index in [1.54, 1.807) is 24.3 Å². The number of carbonyl (C=O) groups excluding carboxylic acids is 2. The van der Waals surface area contributed by atoms with Crippen molar-refractivity contribution in [3.8, 4) is 0 Å². The molecule has 2 amide bonds. The minimum atomic E-state index is -4.07. The van der Waals surface area contributed by atoms with Crippen LogP contribution in [0.5, 0.6) is 0 Å². The number of rotatable bonds is 12. The molecule has 3 aromatic carbocycles. The Balaban J connectivity index is 2.03. The number of amides is 2. The van der Waals surface area contributed by atoms with E-state index < -0.39 is 28.5 Å². The summed E-state index contributed by atoms with van der Waals surface area (Å²) in [5.41, 5.74) is 3.08. The smallest absolute Gasteiger partial charge is 0.264 e. The normalized spacial score (nSPS) is 12.0. The molecule has 202 valence electrons. The third-order valence-electron chi connectivity index (χ3n) is 6.46. The SMILES string of the molecule is CCNC(=O)C(CC)N(CCc1ccccc1)C(=O)CN(c1cc(C)ccc1C)S(=O)(=O)c1ccccc1. The molecule has 3 aromatic rings. The monoisotopic (exact) mass is 535 g/mol. The number of nitrogens with zero attached hydrogens (tertiary/aromatic N) is 2. The number of benzene rings is 3. The first-order valence-electron chi connectivity index (χ1n) is 12.9. The van der Waals surface area contributed by atoms with Crippen LogP contribution >= 0.6 is 0 Å². The highest BCUT2D eigenvalue weighted by atomic mass is 32.2. The Hall–Kier alpha value is -3.65.